The van der Waals surface area contributed by atoms with Crippen LogP contribution in [0.5, 0.6) is 5.75 Å². The van der Waals surface area contributed by atoms with E-state index < -0.39 is 0 Å². The van der Waals surface area contributed by atoms with E-state index in [9.17, 15) is 0 Å². The second kappa shape index (κ2) is 3.43. The van der Waals surface area contributed by atoms with Crippen LogP contribution in [0.2, 0.25) is 0 Å². The molecule has 1 N–H and O–H groups in total. The highest BCUT2D eigenvalue weighted by Crippen LogP contribution is 2.46. The van der Waals surface area contributed by atoms with Gasteiger partial charge in [0.1, 0.15) is 5.75 Å². The quantitative estimate of drug-likeness (QED) is 0.792. The third kappa shape index (κ3) is 1.20. The molecule has 2 aliphatic heterocycles. The van der Waals surface area contributed by atoms with Crippen LogP contribution in [0.15, 0.2) is 24.3 Å². The Morgan fingerprint density at radius 3 is 2.81 bits per heavy atom. The number of rotatable bonds is 2. The summed E-state index contributed by atoms with van der Waals surface area (Å²) in [6.45, 7) is 0.768. The lowest BCUT2D eigenvalue weighted by molar-refractivity contribution is -0.0506. The molecule has 3 nitrogen and oxygen atoms in total. The lowest BCUT2D eigenvalue weighted by atomic mass is 9.81. The van der Waals surface area contributed by atoms with Crippen LogP contribution in [-0.4, -0.2) is 18.7 Å². The van der Waals surface area contributed by atoms with E-state index >= 15 is 0 Å². The average Bonchev–Trinajstić information content (AvgIpc) is 2.67. The Hall–Kier alpha value is -1.13. The van der Waals surface area contributed by atoms with E-state index in [4.69, 9.17) is 21.7 Å². The smallest absolute Gasteiger partial charge is 0.174 e. The van der Waals surface area contributed by atoms with Gasteiger partial charge in [0.15, 0.2) is 5.72 Å². The molecule has 2 unspecified atom stereocenters. The SMILES string of the molecule is COc1ccc(C23NC(=S)C2CCO3)cc1. The molecule has 0 aromatic heterocycles. The van der Waals surface area contributed by atoms with E-state index in [1.807, 2.05) is 24.3 Å². The minimum atomic E-state index is -0.358. The van der Waals surface area contributed by atoms with Crippen molar-refractivity contribution in [1.82, 2.24) is 5.32 Å². The number of nitrogens with one attached hydrogen (secondary N) is 1. The first-order chi connectivity index (χ1) is 7.76. The van der Waals surface area contributed by atoms with E-state index in [0.717, 1.165) is 29.3 Å². The molecule has 0 aliphatic carbocycles. The highest BCUT2D eigenvalue weighted by atomic mass is 32.1. The second-order valence-electron chi connectivity index (χ2n) is 4.14. The van der Waals surface area contributed by atoms with Crippen molar-refractivity contribution < 1.29 is 9.47 Å². The maximum atomic E-state index is 5.83. The zero-order valence-corrected chi connectivity index (χ0v) is 9.84. The van der Waals surface area contributed by atoms with E-state index in [2.05, 4.69) is 5.32 Å². The van der Waals surface area contributed by atoms with E-state index in [-0.39, 0.29) is 5.72 Å². The fourth-order valence-corrected chi connectivity index (χ4v) is 2.90. The molecule has 0 radical (unpaired) electrons. The van der Waals surface area contributed by atoms with Gasteiger partial charge < -0.3 is 14.8 Å². The van der Waals surface area contributed by atoms with Crippen molar-refractivity contribution in [2.24, 2.45) is 5.92 Å². The Balaban J connectivity index is 1.94. The van der Waals surface area contributed by atoms with Gasteiger partial charge >= 0.3 is 0 Å². The number of benzene rings is 1. The molecule has 2 fully saturated rings. The molecule has 1 aromatic carbocycles. The third-order valence-electron chi connectivity index (χ3n) is 3.37. The van der Waals surface area contributed by atoms with Crippen LogP contribution < -0.4 is 10.1 Å². The minimum absolute atomic E-state index is 0.343. The summed E-state index contributed by atoms with van der Waals surface area (Å²) < 4.78 is 11.0. The standard InChI is InChI=1S/C12H13NO2S/c1-14-9-4-2-8(3-5-9)12-10(6-7-15-12)11(16)13-12/h2-5,10H,6-7H2,1H3,(H,13,16). The van der Waals surface area contributed by atoms with Crippen LogP contribution in [0, 0.1) is 5.92 Å². The molecule has 0 amide bonds. The minimum Gasteiger partial charge on any atom is -0.497 e. The van der Waals surface area contributed by atoms with Crippen LogP contribution in [-0.2, 0) is 10.5 Å². The lowest BCUT2D eigenvalue weighted by Gasteiger charge is -2.46. The number of hydrogen-bond acceptors (Lipinski definition) is 3. The molecule has 2 saturated heterocycles. The van der Waals surface area contributed by atoms with Gasteiger partial charge in [-0.3, -0.25) is 0 Å². The topological polar surface area (TPSA) is 30.5 Å². The van der Waals surface area contributed by atoms with E-state index in [1.165, 1.54) is 0 Å². The molecule has 0 bridgehead atoms. The Morgan fingerprint density at radius 1 is 1.44 bits per heavy atom. The molecule has 2 heterocycles. The summed E-state index contributed by atoms with van der Waals surface area (Å²) in [7, 11) is 1.67. The molecule has 1 aromatic rings. The summed E-state index contributed by atoms with van der Waals surface area (Å²) in [5, 5.41) is 3.24. The summed E-state index contributed by atoms with van der Waals surface area (Å²) >= 11 is 5.23. The largest absolute Gasteiger partial charge is 0.497 e. The van der Waals surface area contributed by atoms with Crippen molar-refractivity contribution in [1.29, 1.82) is 0 Å². The maximum Gasteiger partial charge on any atom is 0.174 e. The van der Waals surface area contributed by atoms with Gasteiger partial charge in [0.2, 0.25) is 0 Å². The van der Waals surface area contributed by atoms with Gasteiger partial charge in [0.25, 0.3) is 0 Å². The summed E-state index contributed by atoms with van der Waals surface area (Å²) in [5.74, 6) is 1.20. The average molecular weight is 235 g/mol. The van der Waals surface area contributed by atoms with Crippen LogP contribution in [0.25, 0.3) is 0 Å². The monoisotopic (exact) mass is 235 g/mol. The number of hydrogen-bond donors (Lipinski definition) is 1. The van der Waals surface area contributed by atoms with Crippen LogP contribution >= 0.6 is 12.2 Å². The van der Waals surface area contributed by atoms with Crippen molar-refractivity contribution >= 4 is 17.2 Å². The van der Waals surface area contributed by atoms with Crippen LogP contribution in [0.4, 0.5) is 0 Å². The molecule has 4 heteroatoms. The maximum absolute atomic E-state index is 5.83. The van der Waals surface area contributed by atoms with Gasteiger partial charge in [-0.25, -0.2) is 0 Å². The third-order valence-corrected chi connectivity index (χ3v) is 3.76. The van der Waals surface area contributed by atoms with Gasteiger partial charge in [0.05, 0.1) is 24.6 Å². The molecule has 16 heavy (non-hydrogen) atoms. The van der Waals surface area contributed by atoms with Gasteiger partial charge in [-0.15, -0.1) is 0 Å². The zero-order valence-electron chi connectivity index (χ0n) is 9.03. The second-order valence-corrected chi connectivity index (χ2v) is 4.58. The first-order valence-electron chi connectivity index (χ1n) is 5.37. The van der Waals surface area contributed by atoms with Gasteiger partial charge in [-0.05, 0) is 18.6 Å². The highest BCUT2D eigenvalue weighted by molar-refractivity contribution is 7.80. The number of ether oxygens (including phenoxy) is 2. The number of methoxy groups -OCH3 is 1. The Kier molecular flexibility index (Phi) is 2.16. The Bertz CT molecular complexity index is 431. The number of thiocarbonyl (C=S) groups is 1. The number of fused-ring (bicyclic) bond motifs is 1. The summed E-state index contributed by atoms with van der Waals surface area (Å²) in [5.41, 5.74) is 0.771. The molecule has 0 saturated carbocycles. The molecule has 2 atom stereocenters. The van der Waals surface area contributed by atoms with Crippen LogP contribution in [0.3, 0.4) is 0 Å². The van der Waals surface area contributed by atoms with Crippen molar-refractivity contribution in [2.45, 2.75) is 12.1 Å². The van der Waals surface area contributed by atoms with Gasteiger partial charge in [0, 0.05) is 5.56 Å². The first kappa shape index (κ1) is 10.1. The summed E-state index contributed by atoms with van der Waals surface area (Å²) in [4.78, 5) is 0.924. The van der Waals surface area contributed by atoms with Crippen molar-refractivity contribution in [3.05, 3.63) is 29.8 Å². The lowest BCUT2D eigenvalue weighted by Crippen LogP contribution is -2.63. The Morgan fingerprint density at radius 2 is 2.19 bits per heavy atom. The predicted molar refractivity (Wildman–Crippen MR) is 64.5 cm³/mol. The molecular formula is C12H13NO2S. The molecule has 3 rings (SSSR count). The molecular weight excluding hydrogens is 222 g/mol. The van der Waals surface area contributed by atoms with Gasteiger partial charge in [-0.1, -0.05) is 24.4 Å². The van der Waals surface area contributed by atoms with Crippen molar-refractivity contribution in [3.63, 3.8) is 0 Å². The Labute approximate surface area is 99.7 Å². The van der Waals surface area contributed by atoms with Crippen molar-refractivity contribution in [2.75, 3.05) is 13.7 Å². The fraction of sp³-hybridized carbons (Fsp3) is 0.417. The summed E-state index contributed by atoms with van der Waals surface area (Å²) in [6, 6.07) is 7.97. The predicted octanol–water partition coefficient (Wildman–Crippen LogP) is 1.82. The first-order valence-corrected chi connectivity index (χ1v) is 5.77. The van der Waals surface area contributed by atoms with Crippen LogP contribution in [0.1, 0.15) is 12.0 Å². The van der Waals surface area contributed by atoms with Crippen molar-refractivity contribution in [3.8, 4) is 5.75 Å². The normalized spacial score (nSPS) is 31.6. The summed E-state index contributed by atoms with van der Waals surface area (Å²) in [6.07, 6.45) is 1.01. The van der Waals surface area contributed by atoms with E-state index in [0.29, 0.717) is 5.92 Å². The molecule has 0 spiro atoms. The molecule has 84 valence electrons. The fourth-order valence-electron chi connectivity index (χ4n) is 2.47. The highest BCUT2D eigenvalue weighted by Gasteiger charge is 2.56. The van der Waals surface area contributed by atoms with Gasteiger partial charge in [-0.2, -0.15) is 0 Å². The molecule has 2 aliphatic rings. The zero-order chi connectivity index (χ0) is 11.2. The van der Waals surface area contributed by atoms with E-state index in [1.54, 1.807) is 7.11 Å².